The van der Waals surface area contributed by atoms with Gasteiger partial charge in [0.1, 0.15) is 0 Å². The normalized spacial score (nSPS) is 14.6. The molecule has 2 amide bonds. The summed E-state index contributed by atoms with van der Waals surface area (Å²) < 4.78 is 0. The quantitative estimate of drug-likeness (QED) is 0.896. The number of hydrogen-bond acceptors (Lipinski definition) is 4. The highest BCUT2D eigenvalue weighted by Gasteiger charge is 2.23. The average Bonchev–Trinajstić information content (AvgIpc) is 2.63. The van der Waals surface area contributed by atoms with Crippen LogP contribution in [0.1, 0.15) is 37.1 Å². The van der Waals surface area contributed by atoms with E-state index in [1.165, 1.54) is 5.56 Å². The van der Waals surface area contributed by atoms with Gasteiger partial charge in [0.05, 0.1) is 12.2 Å². The van der Waals surface area contributed by atoms with Crippen molar-refractivity contribution < 1.29 is 4.79 Å². The van der Waals surface area contributed by atoms with Crippen LogP contribution in [0.4, 0.5) is 16.4 Å². The van der Waals surface area contributed by atoms with Crippen LogP contribution in [0.25, 0.3) is 0 Å². The first-order valence-corrected chi connectivity index (χ1v) is 8.79. The molecule has 6 heteroatoms. The summed E-state index contributed by atoms with van der Waals surface area (Å²) in [6.07, 6.45) is 3.49. The Morgan fingerprint density at radius 1 is 1.32 bits per heavy atom. The number of aromatic nitrogens is 2. The largest absolute Gasteiger partial charge is 0.336 e. The number of anilines is 2. The van der Waals surface area contributed by atoms with Gasteiger partial charge in [-0.05, 0) is 32.4 Å². The van der Waals surface area contributed by atoms with Gasteiger partial charge in [0.15, 0.2) is 0 Å². The van der Waals surface area contributed by atoms with Crippen LogP contribution in [0.15, 0.2) is 30.5 Å². The molecule has 0 fully saturated rings. The zero-order chi connectivity index (χ0) is 17.8. The number of nitrogens with one attached hydrogen (secondary N) is 2. The molecule has 1 unspecified atom stereocenters. The van der Waals surface area contributed by atoms with Crippen molar-refractivity contribution in [2.24, 2.45) is 0 Å². The molecule has 2 aromatic rings. The highest BCUT2D eigenvalue weighted by molar-refractivity contribution is 5.74. The van der Waals surface area contributed by atoms with Gasteiger partial charge in [-0.3, -0.25) is 0 Å². The van der Waals surface area contributed by atoms with E-state index in [9.17, 15) is 4.79 Å². The third-order valence-corrected chi connectivity index (χ3v) is 4.51. The molecule has 1 aliphatic heterocycles. The second-order valence-electron chi connectivity index (χ2n) is 6.59. The molecule has 25 heavy (non-hydrogen) atoms. The molecule has 2 heterocycles. The molecule has 0 bridgehead atoms. The molecule has 0 aliphatic carbocycles. The summed E-state index contributed by atoms with van der Waals surface area (Å²) in [4.78, 5) is 23.1. The van der Waals surface area contributed by atoms with E-state index in [4.69, 9.17) is 0 Å². The minimum absolute atomic E-state index is 0.0122. The molecular formula is C19H25N5O. The molecule has 1 aliphatic rings. The van der Waals surface area contributed by atoms with Gasteiger partial charge in [0, 0.05) is 36.5 Å². The smallest absolute Gasteiger partial charge is 0.317 e. The molecule has 6 nitrogen and oxygen atoms in total. The van der Waals surface area contributed by atoms with Crippen LogP contribution in [0, 0.1) is 6.92 Å². The van der Waals surface area contributed by atoms with E-state index in [-0.39, 0.29) is 12.1 Å². The maximum atomic E-state index is 12.3. The fourth-order valence-electron chi connectivity index (χ4n) is 2.72. The third kappa shape index (κ3) is 4.26. The van der Waals surface area contributed by atoms with Crippen LogP contribution in [-0.4, -0.2) is 33.5 Å². The number of carbonyl (C=O) groups excluding carboxylic acids is 1. The number of rotatable bonds is 4. The molecule has 1 atom stereocenters. The van der Waals surface area contributed by atoms with Crippen molar-refractivity contribution in [3.8, 4) is 0 Å². The zero-order valence-corrected chi connectivity index (χ0v) is 15.0. The summed E-state index contributed by atoms with van der Waals surface area (Å²) in [5.74, 6) is 0.597. The van der Waals surface area contributed by atoms with Gasteiger partial charge < -0.3 is 15.5 Å². The van der Waals surface area contributed by atoms with Crippen molar-refractivity contribution in [1.29, 1.82) is 0 Å². The van der Waals surface area contributed by atoms with E-state index in [0.29, 0.717) is 19.0 Å². The number of benzene rings is 1. The topological polar surface area (TPSA) is 70.2 Å². The number of urea groups is 1. The molecule has 0 radical (unpaired) electrons. The van der Waals surface area contributed by atoms with E-state index in [0.717, 1.165) is 29.8 Å². The fourth-order valence-corrected chi connectivity index (χ4v) is 2.72. The van der Waals surface area contributed by atoms with Crippen LogP contribution in [0.2, 0.25) is 0 Å². The van der Waals surface area contributed by atoms with E-state index in [2.05, 4.69) is 46.6 Å². The average molecular weight is 339 g/mol. The molecule has 132 valence electrons. The first-order valence-electron chi connectivity index (χ1n) is 8.79. The van der Waals surface area contributed by atoms with Gasteiger partial charge in [0.2, 0.25) is 5.95 Å². The lowest BCUT2D eigenvalue weighted by molar-refractivity contribution is 0.188. The fraction of sp³-hybridized carbons (Fsp3) is 0.421. The minimum Gasteiger partial charge on any atom is -0.336 e. The van der Waals surface area contributed by atoms with Gasteiger partial charge in [-0.25, -0.2) is 14.8 Å². The first-order chi connectivity index (χ1) is 12.0. The van der Waals surface area contributed by atoms with Gasteiger partial charge in [-0.1, -0.05) is 24.6 Å². The van der Waals surface area contributed by atoms with Crippen LogP contribution >= 0.6 is 0 Å². The Morgan fingerprint density at radius 2 is 2.08 bits per heavy atom. The van der Waals surface area contributed by atoms with Crippen molar-refractivity contribution in [3.05, 3.63) is 47.3 Å². The Labute approximate surface area is 148 Å². The first kappa shape index (κ1) is 17.2. The lowest BCUT2D eigenvalue weighted by atomic mass is 10.1. The van der Waals surface area contributed by atoms with Crippen LogP contribution < -0.4 is 10.6 Å². The maximum Gasteiger partial charge on any atom is 0.317 e. The van der Waals surface area contributed by atoms with E-state index >= 15 is 0 Å². The molecule has 0 spiro atoms. The van der Waals surface area contributed by atoms with Crippen LogP contribution in [0.5, 0.6) is 0 Å². The molecule has 1 aromatic heterocycles. The number of hydrogen-bond donors (Lipinski definition) is 2. The predicted octanol–water partition coefficient (Wildman–Crippen LogP) is 3.39. The number of amides is 2. The van der Waals surface area contributed by atoms with Gasteiger partial charge in [-0.2, -0.15) is 0 Å². The number of nitrogens with zero attached hydrogens (tertiary/aromatic N) is 3. The second-order valence-corrected chi connectivity index (χ2v) is 6.59. The summed E-state index contributed by atoms with van der Waals surface area (Å²) in [5, 5.41) is 6.25. The van der Waals surface area contributed by atoms with E-state index in [1.807, 2.05) is 30.2 Å². The zero-order valence-electron chi connectivity index (χ0n) is 15.0. The summed E-state index contributed by atoms with van der Waals surface area (Å²) in [6, 6.07) is 8.30. The molecule has 3 rings (SSSR count). The Balaban J connectivity index is 1.66. The summed E-state index contributed by atoms with van der Waals surface area (Å²) >= 11 is 0. The van der Waals surface area contributed by atoms with Gasteiger partial charge in [0.25, 0.3) is 0 Å². The SMILES string of the molecule is CCC(C)NC(=O)N1CCc2nc(Nc3ccc(C)cc3)ncc2C1. The van der Waals surface area contributed by atoms with Crippen LogP contribution in [-0.2, 0) is 13.0 Å². The molecular weight excluding hydrogens is 314 g/mol. The summed E-state index contributed by atoms with van der Waals surface area (Å²) in [5.41, 5.74) is 4.21. The highest BCUT2D eigenvalue weighted by Crippen LogP contribution is 2.20. The molecule has 1 aromatic carbocycles. The lowest BCUT2D eigenvalue weighted by Crippen LogP contribution is -2.45. The number of aryl methyl sites for hydroxylation is 1. The Morgan fingerprint density at radius 3 is 2.80 bits per heavy atom. The Bertz CT molecular complexity index is 744. The van der Waals surface area contributed by atoms with Crippen molar-refractivity contribution in [1.82, 2.24) is 20.2 Å². The van der Waals surface area contributed by atoms with Gasteiger partial charge in [-0.15, -0.1) is 0 Å². The Kier molecular flexibility index (Phi) is 5.16. The van der Waals surface area contributed by atoms with Gasteiger partial charge >= 0.3 is 6.03 Å². The standard InChI is InChI=1S/C19H25N5O/c1-4-14(3)21-19(25)24-10-9-17-15(12-24)11-20-18(23-17)22-16-7-5-13(2)6-8-16/h5-8,11,14H,4,9-10,12H2,1-3H3,(H,21,25)(H,20,22,23). The summed E-state index contributed by atoms with van der Waals surface area (Å²) in [6.45, 7) is 7.37. The molecule has 2 N–H and O–H groups in total. The molecule has 0 saturated carbocycles. The third-order valence-electron chi connectivity index (χ3n) is 4.51. The van der Waals surface area contributed by atoms with E-state index in [1.54, 1.807) is 0 Å². The molecule has 0 saturated heterocycles. The predicted molar refractivity (Wildman–Crippen MR) is 98.9 cm³/mol. The lowest BCUT2D eigenvalue weighted by Gasteiger charge is -2.29. The number of fused-ring (bicyclic) bond motifs is 1. The maximum absolute atomic E-state index is 12.3. The van der Waals surface area contributed by atoms with Crippen molar-refractivity contribution >= 4 is 17.7 Å². The van der Waals surface area contributed by atoms with Crippen molar-refractivity contribution in [3.63, 3.8) is 0 Å². The highest BCUT2D eigenvalue weighted by atomic mass is 16.2. The number of carbonyl (C=O) groups is 1. The monoisotopic (exact) mass is 339 g/mol. The summed E-state index contributed by atoms with van der Waals surface area (Å²) in [7, 11) is 0. The van der Waals surface area contributed by atoms with Crippen molar-refractivity contribution in [2.75, 3.05) is 11.9 Å². The van der Waals surface area contributed by atoms with E-state index < -0.39 is 0 Å². The Hall–Kier alpha value is -2.63. The van der Waals surface area contributed by atoms with Crippen LogP contribution in [0.3, 0.4) is 0 Å². The minimum atomic E-state index is -0.0122. The van der Waals surface area contributed by atoms with Crippen molar-refractivity contribution in [2.45, 2.75) is 46.2 Å². The second kappa shape index (κ2) is 7.51.